The van der Waals surface area contributed by atoms with Crippen molar-refractivity contribution in [2.24, 2.45) is 5.92 Å². The third kappa shape index (κ3) is 1.59. The highest BCUT2D eigenvalue weighted by Crippen LogP contribution is 2.20. The number of nitrogens with zero attached hydrogens (tertiary/aromatic N) is 4. The Balaban J connectivity index is 1.95. The Morgan fingerprint density at radius 3 is 3.12 bits per heavy atom. The molecule has 0 amide bonds. The van der Waals surface area contributed by atoms with Crippen molar-refractivity contribution >= 4 is 23.0 Å². The zero-order valence-electron chi connectivity index (χ0n) is 9.04. The van der Waals surface area contributed by atoms with Gasteiger partial charge >= 0.3 is 5.97 Å². The van der Waals surface area contributed by atoms with Crippen molar-refractivity contribution < 1.29 is 9.53 Å². The molecule has 3 heterocycles. The largest absolute Gasteiger partial charge is 0.465 e. The minimum Gasteiger partial charge on any atom is -0.465 e. The third-order valence-corrected chi connectivity index (χ3v) is 2.89. The molecule has 1 saturated heterocycles. The van der Waals surface area contributed by atoms with E-state index < -0.39 is 0 Å². The number of nitrogen functional groups attached to an aromatic ring is 1. The number of nitrogens with two attached hydrogens (primary N) is 1. The first-order valence-corrected chi connectivity index (χ1v) is 5.33. The number of imidazole rings is 1. The van der Waals surface area contributed by atoms with E-state index in [-0.39, 0.29) is 11.9 Å². The molecule has 0 spiro atoms. The van der Waals surface area contributed by atoms with E-state index in [0.29, 0.717) is 30.1 Å². The van der Waals surface area contributed by atoms with Gasteiger partial charge in [0.2, 0.25) is 0 Å². The van der Waals surface area contributed by atoms with Crippen molar-refractivity contribution in [3.63, 3.8) is 0 Å². The summed E-state index contributed by atoms with van der Waals surface area (Å²) >= 11 is 0. The lowest BCUT2D eigenvalue weighted by molar-refractivity contribution is -0.141. The van der Waals surface area contributed by atoms with Crippen LogP contribution in [0.25, 0.3) is 11.2 Å². The van der Waals surface area contributed by atoms with Crippen molar-refractivity contribution in [1.29, 1.82) is 0 Å². The van der Waals surface area contributed by atoms with E-state index in [1.807, 2.05) is 4.57 Å². The predicted molar refractivity (Wildman–Crippen MR) is 58.8 cm³/mol. The first kappa shape index (κ1) is 10.0. The Hall–Kier alpha value is -2.18. The first-order chi connectivity index (χ1) is 8.25. The van der Waals surface area contributed by atoms with Gasteiger partial charge in [-0.25, -0.2) is 15.0 Å². The fourth-order valence-electron chi connectivity index (χ4n) is 1.97. The highest BCUT2D eigenvalue weighted by molar-refractivity contribution is 5.81. The Kier molecular flexibility index (Phi) is 2.17. The maximum Gasteiger partial charge on any atom is 0.310 e. The number of ether oxygens (including phenoxy) is 1. The summed E-state index contributed by atoms with van der Waals surface area (Å²) in [6, 6.07) is 0. The summed E-state index contributed by atoms with van der Waals surface area (Å²) in [5.74, 6) is 0.0696. The van der Waals surface area contributed by atoms with E-state index in [2.05, 4.69) is 15.0 Å². The molecule has 0 radical (unpaired) electrons. The van der Waals surface area contributed by atoms with Crippen LogP contribution in [-0.4, -0.2) is 32.1 Å². The smallest absolute Gasteiger partial charge is 0.310 e. The minimum absolute atomic E-state index is 0.122. The molecule has 2 N–H and O–H groups in total. The minimum atomic E-state index is -0.158. The van der Waals surface area contributed by atoms with Crippen LogP contribution in [0.4, 0.5) is 5.82 Å². The molecule has 2 aromatic rings. The van der Waals surface area contributed by atoms with Crippen LogP contribution in [0.1, 0.15) is 6.42 Å². The number of esters is 1. The lowest BCUT2D eigenvalue weighted by Crippen LogP contribution is -2.15. The fraction of sp³-hybridized carbons (Fsp3) is 0.400. The summed E-state index contributed by atoms with van der Waals surface area (Å²) in [6.07, 6.45) is 3.75. The van der Waals surface area contributed by atoms with Crippen LogP contribution in [0.15, 0.2) is 12.7 Å². The Morgan fingerprint density at radius 1 is 1.47 bits per heavy atom. The highest BCUT2D eigenvalue weighted by Gasteiger charge is 2.27. The Labute approximate surface area is 96.6 Å². The van der Waals surface area contributed by atoms with Crippen LogP contribution in [0.3, 0.4) is 0 Å². The molecule has 3 rings (SSSR count). The topological polar surface area (TPSA) is 95.9 Å². The van der Waals surface area contributed by atoms with Gasteiger partial charge in [0, 0.05) is 6.54 Å². The lowest BCUT2D eigenvalue weighted by atomic mass is 10.1. The number of anilines is 1. The number of aromatic nitrogens is 4. The van der Waals surface area contributed by atoms with Gasteiger partial charge in [0.05, 0.1) is 18.9 Å². The average molecular weight is 233 g/mol. The molecule has 17 heavy (non-hydrogen) atoms. The average Bonchev–Trinajstić information content (AvgIpc) is 2.89. The maximum atomic E-state index is 11.4. The number of fused-ring (bicyclic) bond motifs is 1. The molecule has 0 saturated carbocycles. The highest BCUT2D eigenvalue weighted by atomic mass is 16.5. The number of cyclic esters (lactones) is 1. The number of carbonyl (C=O) groups is 1. The number of hydrogen-bond acceptors (Lipinski definition) is 6. The number of hydrogen-bond donors (Lipinski definition) is 1. The van der Waals surface area contributed by atoms with Crippen LogP contribution in [0, 0.1) is 5.92 Å². The van der Waals surface area contributed by atoms with E-state index in [4.69, 9.17) is 10.5 Å². The SMILES string of the molecule is Nc1ncnc2c1ncn2CC1CCOC1=O. The van der Waals surface area contributed by atoms with E-state index in [9.17, 15) is 4.79 Å². The van der Waals surface area contributed by atoms with Crippen molar-refractivity contribution in [2.75, 3.05) is 12.3 Å². The second-order valence-corrected chi connectivity index (χ2v) is 3.98. The van der Waals surface area contributed by atoms with Crippen molar-refractivity contribution in [3.05, 3.63) is 12.7 Å². The zero-order valence-corrected chi connectivity index (χ0v) is 9.04. The van der Waals surface area contributed by atoms with Gasteiger partial charge in [-0.05, 0) is 6.42 Å². The van der Waals surface area contributed by atoms with Gasteiger partial charge in [0.1, 0.15) is 11.8 Å². The summed E-state index contributed by atoms with van der Waals surface area (Å²) < 4.78 is 6.73. The number of rotatable bonds is 2. The van der Waals surface area contributed by atoms with Gasteiger partial charge in [-0.1, -0.05) is 0 Å². The normalized spacial score (nSPS) is 19.8. The summed E-state index contributed by atoms with van der Waals surface area (Å²) in [6.45, 7) is 1.01. The molecule has 1 aliphatic rings. The lowest BCUT2D eigenvalue weighted by Gasteiger charge is -2.06. The molecular weight excluding hydrogens is 222 g/mol. The van der Waals surface area contributed by atoms with Crippen LogP contribution in [0.5, 0.6) is 0 Å². The molecule has 7 nitrogen and oxygen atoms in total. The zero-order chi connectivity index (χ0) is 11.8. The van der Waals surface area contributed by atoms with Gasteiger partial charge < -0.3 is 15.0 Å². The molecule has 1 unspecified atom stereocenters. The molecule has 1 fully saturated rings. The molecule has 1 aliphatic heterocycles. The van der Waals surface area contributed by atoms with Crippen LogP contribution >= 0.6 is 0 Å². The van der Waals surface area contributed by atoms with Crippen molar-refractivity contribution in [3.8, 4) is 0 Å². The van der Waals surface area contributed by atoms with Gasteiger partial charge in [-0.15, -0.1) is 0 Å². The van der Waals surface area contributed by atoms with Crippen LogP contribution in [-0.2, 0) is 16.1 Å². The first-order valence-electron chi connectivity index (χ1n) is 5.33. The molecule has 0 aliphatic carbocycles. The quantitative estimate of drug-likeness (QED) is 0.732. The van der Waals surface area contributed by atoms with Crippen molar-refractivity contribution in [1.82, 2.24) is 19.5 Å². The Bertz CT molecular complexity index is 579. The van der Waals surface area contributed by atoms with Gasteiger partial charge in [-0.2, -0.15) is 0 Å². The molecular formula is C10H11N5O2. The maximum absolute atomic E-state index is 11.4. The second-order valence-electron chi connectivity index (χ2n) is 3.98. The van der Waals surface area contributed by atoms with Crippen molar-refractivity contribution in [2.45, 2.75) is 13.0 Å². The molecule has 0 aromatic carbocycles. The number of carbonyl (C=O) groups excluding carboxylic acids is 1. The van der Waals surface area contributed by atoms with Gasteiger partial charge in [0.15, 0.2) is 11.5 Å². The van der Waals surface area contributed by atoms with E-state index in [0.717, 1.165) is 6.42 Å². The van der Waals surface area contributed by atoms with E-state index in [1.54, 1.807) is 6.33 Å². The summed E-state index contributed by atoms with van der Waals surface area (Å²) in [5, 5.41) is 0. The second kappa shape index (κ2) is 3.69. The summed E-state index contributed by atoms with van der Waals surface area (Å²) in [4.78, 5) is 23.5. The van der Waals surface area contributed by atoms with Gasteiger partial charge in [-0.3, -0.25) is 4.79 Å². The van der Waals surface area contributed by atoms with Crippen LogP contribution in [0.2, 0.25) is 0 Å². The summed E-state index contributed by atoms with van der Waals surface area (Å²) in [7, 11) is 0. The van der Waals surface area contributed by atoms with Gasteiger partial charge in [0.25, 0.3) is 0 Å². The summed E-state index contributed by atoms with van der Waals surface area (Å²) in [5.41, 5.74) is 6.91. The third-order valence-electron chi connectivity index (χ3n) is 2.89. The van der Waals surface area contributed by atoms with Crippen LogP contribution < -0.4 is 5.73 Å². The predicted octanol–water partition coefficient (Wildman–Crippen LogP) is -0.0284. The molecule has 2 aromatic heterocycles. The fourth-order valence-corrected chi connectivity index (χ4v) is 1.97. The molecule has 7 heteroatoms. The standard InChI is InChI=1S/C10H11N5O2/c11-8-7-9(13-4-12-8)15(5-14-7)3-6-1-2-17-10(6)16/h4-6H,1-3H2,(H2,11,12,13). The molecule has 1 atom stereocenters. The molecule has 0 bridgehead atoms. The Morgan fingerprint density at radius 2 is 2.35 bits per heavy atom. The van der Waals surface area contributed by atoms with E-state index in [1.165, 1.54) is 6.33 Å². The van der Waals surface area contributed by atoms with E-state index >= 15 is 0 Å². The monoisotopic (exact) mass is 233 g/mol. The molecule has 88 valence electrons.